The van der Waals surface area contributed by atoms with Gasteiger partial charge in [-0.3, -0.25) is 0 Å². The van der Waals surface area contributed by atoms with Crippen LogP contribution in [0.1, 0.15) is 37.4 Å². The van der Waals surface area contributed by atoms with Crippen molar-refractivity contribution in [2.75, 3.05) is 13.7 Å². The molecule has 0 fully saturated rings. The Labute approximate surface area is 128 Å². The molecule has 1 atom stereocenters. The Hall–Kier alpha value is -1.80. The first-order chi connectivity index (χ1) is 10.2. The number of ether oxygens (including phenoxy) is 1. The topological polar surface area (TPSA) is 21.3 Å². The molecule has 21 heavy (non-hydrogen) atoms. The zero-order valence-corrected chi connectivity index (χ0v) is 13.4. The normalized spacial score (nSPS) is 12.2. The minimum absolute atomic E-state index is 0.425. The Morgan fingerprint density at radius 2 is 1.81 bits per heavy atom. The molecule has 2 aromatic carbocycles. The van der Waals surface area contributed by atoms with Crippen molar-refractivity contribution in [2.45, 2.75) is 33.2 Å². The molecule has 1 unspecified atom stereocenters. The van der Waals surface area contributed by atoms with Gasteiger partial charge in [-0.25, -0.2) is 0 Å². The number of rotatable bonds is 6. The van der Waals surface area contributed by atoms with Crippen LogP contribution in [0.25, 0.3) is 11.1 Å². The average Bonchev–Trinajstić information content (AvgIpc) is 2.52. The van der Waals surface area contributed by atoms with Gasteiger partial charge in [0.15, 0.2) is 0 Å². The largest absolute Gasteiger partial charge is 0.496 e. The van der Waals surface area contributed by atoms with Crippen LogP contribution in [0.2, 0.25) is 0 Å². The van der Waals surface area contributed by atoms with Crippen molar-refractivity contribution in [2.24, 2.45) is 0 Å². The molecule has 0 heterocycles. The minimum atomic E-state index is 0.425. The van der Waals surface area contributed by atoms with E-state index in [-0.39, 0.29) is 0 Å². The molecule has 0 radical (unpaired) electrons. The number of hydrogen-bond acceptors (Lipinski definition) is 2. The number of hydrogen-bond donors (Lipinski definition) is 1. The van der Waals surface area contributed by atoms with Gasteiger partial charge in [-0.2, -0.15) is 0 Å². The summed E-state index contributed by atoms with van der Waals surface area (Å²) in [5.41, 5.74) is 5.01. The van der Waals surface area contributed by atoms with Crippen LogP contribution >= 0.6 is 0 Å². The lowest BCUT2D eigenvalue weighted by Gasteiger charge is -2.17. The van der Waals surface area contributed by atoms with Crippen LogP contribution in [-0.4, -0.2) is 13.7 Å². The van der Waals surface area contributed by atoms with Gasteiger partial charge in [0.05, 0.1) is 7.11 Å². The SMILES string of the molecule is CCNC(CC)c1cccc(-c2ccc(OC)c(C)c2)c1. The Morgan fingerprint density at radius 1 is 1.05 bits per heavy atom. The summed E-state index contributed by atoms with van der Waals surface area (Å²) in [6, 6.07) is 15.6. The van der Waals surface area contributed by atoms with Gasteiger partial charge in [0.25, 0.3) is 0 Å². The molecule has 0 bridgehead atoms. The van der Waals surface area contributed by atoms with Crippen molar-refractivity contribution < 1.29 is 4.74 Å². The maximum Gasteiger partial charge on any atom is 0.121 e. The summed E-state index contributed by atoms with van der Waals surface area (Å²) in [6.07, 6.45) is 1.10. The molecule has 2 nitrogen and oxygen atoms in total. The molecule has 0 amide bonds. The van der Waals surface area contributed by atoms with Gasteiger partial charge >= 0.3 is 0 Å². The molecular formula is C19H25NO. The summed E-state index contributed by atoms with van der Waals surface area (Å²) in [7, 11) is 1.71. The standard InChI is InChI=1S/C19H25NO/c1-5-18(20-6-2)17-9-7-8-15(13-17)16-10-11-19(21-4)14(3)12-16/h7-13,18,20H,5-6H2,1-4H3. The lowest BCUT2D eigenvalue weighted by Crippen LogP contribution is -2.19. The van der Waals surface area contributed by atoms with Crippen molar-refractivity contribution in [1.82, 2.24) is 5.32 Å². The Balaban J connectivity index is 2.34. The molecule has 2 heteroatoms. The van der Waals surface area contributed by atoms with Crippen molar-refractivity contribution >= 4 is 0 Å². The zero-order chi connectivity index (χ0) is 15.2. The van der Waals surface area contributed by atoms with Crippen molar-refractivity contribution in [3.63, 3.8) is 0 Å². The van der Waals surface area contributed by atoms with Crippen LogP contribution in [0.15, 0.2) is 42.5 Å². The molecule has 0 aliphatic rings. The van der Waals surface area contributed by atoms with Gasteiger partial charge < -0.3 is 10.1 Å². The van der Waals surface area contributed by atoms with Gasteiger partial charge in [-0.05, 0) is 60.3 Å². The molecule has 0 aliphatic heterocycles. The van der Waals surface area contributed by atoms with E-state index < -0.39 is 0 Å². The van der Waals surface area contributed by atoms with Gasteiger partial charge in [-0.1, -0.05) is 38.1 Å². The van der Waals surface area contributed by atoms with E-state index in [0.29, 0.717) is 6.04 Å². The first-order valence-electron chi connectivity index (χ1n) is 7.68. The van der Waals surface area contributed by atoms with E-state index in [1.165, 1.54) is 22.3 Å². The molecule has 0 aliphatic carbocycles. The summed E-state index contributed by atoms with van der Waals surface area (Å²) in [4.78, 5) is 0. The molecule has 112 valence electrons. The fraction of sp³-hybridized carbons (Fsp3) is 0.368. The van der Waals surface area contributed by atoms with E-state index in [4.69, 9.17) is 4.74 Å². The summed E-state index contributed by atoms with van der Waals surface area (Å²) >= 11 is 0. The highest BCUT2D eigenvalue weighted by Crippen LogP contribution is 2.28. The maximum atomic E-state index is 5.34. The van der Waals surface area contributed by atoms with Crippen molar-refractivity contribution in [1.29, 1.82) is 0 Å². The van der Waals surface area contributed by atoms with Crippen molar-refractivity contribution in [3.8, 4) is 16.9 Å². The monoisotopic (exact) mass is 283 g/mol. The molecular weight excluding hydrogens is 258 g/mol. The highest BCUT2D eigenvalue weighted by Gasteiger charge is 2.09. The van der Waals surface area contributed by atoms with E-state index in [2.05, 4.69) is 62.5 Å². The summed E-state index contributed by atoms with van der Waals surface area (Å²) in [5, 5.41) is 3.54. The van der Waals surface area contributed by atoms with E-state index in [1.54, 1.807) is 7.11 Å². The fourth-order valence-electron chi connectivity index (χ4n) is 2.74. The van der Waals surface area contributed by atoms with Gasteiger partial charge in [0, 0.05) is 6.04 Å². The molecule has 0 saturated heterocycles. The average molecular weight is 283 g/mol. The first-order valence-corrected chi connectivity index (χ1v) is 7.68. The fourth-order valence-corrected chi connectivity index (χ4v) is 2.74. The quantitative estimate of drug-likeness (QED) is 0.827. The van der Waals surface area contributed by atoms with E-state index in [1.807, 2.05) is 6.07 Å². The molecule has 0 spiro atoms. The minimum Gasteiger partial charge on any atom is -0.496 e. The Bertz CT molecular complexity index is 592. The number of methoxy groups -OCH3 is 1. The van der Waals surface area contributed by atoms with E-state index in [0.717, 1.165) is 18.7 Å². The second kappa shape index (κ2) is 7.28. The van der Waals surface area contributed by atoms with Crippen LogP contribution < -0.4 is 10.1 Å². The summed E-state index contributed by atoms with van der Waals surface area (Å²) < 4.78 is 5.34. The predicted molar refractivity (Wildman–Crippen MR) is 89.9 cm³/mol. The zero-order valence-electron chi connectivity index (χ0n) is 13.4. The third-order valence-corrected chi connectivity index (χ3v) is 3.88. The van der Waals surface area contributed by atoms with Gasteiger partial charge in [-0.15, -0.1) is 0 Å². The third-order valence-electron chi connectivity index (χ3n) is 3.88. The Morgan fingerprint density at radius 3 is 2.43 bits per heavy atom. The van der Waals surface area contributed by atoms with Gasteiger partial charge in [0.1, 0.15) is 5.75 Å². The lowest BCUT2D eigenvalue weighted by molar-refractivity contribution is 0.412. The van der Waals surface area contributed by atoms with E-state index >= 15 is 0 Å². The molecule has 2 rings (SSSR count). The highest BCUT2D eigenvalue weighted by molar-refractivity contribution is 5.66. The Kier molecular flexibility index (Phi) is 5.40. The summed E-state index contributed by atoms with van der Waals surface area (Å²) in [6.45, 7) is 7.45. The highest BCUT2D eigenvalue weighted by atomic mass is 16.5. The third kappa shape index (κ3) is 3.64. The van der Waals surface area contributed by atoms with Crippen LogP contribution in [-0.2, 0) is 0 Å². The molecule has 2 aromatic rings. The number of benzene rings is 2. The van der Waals surface area contributed by atoms with Crippen LogP contribution in [0.3, 0.4) is 0 Å². The number of aryl methyl sites for hydroxylation is 1. The number of nitrogens with one attached hydrogen (secondary N) is 1. The molecule has 0 aromatic heterocycles. The second-order valence-corrected chi connectivity index (χ2v) is 5.33. The van der Waals surface area contributed by atoms with Crippen molar-refractivity contribution in [3.05, 3.63) is 53.6 Å². The smallest absolute Gasteiger partial charge is 0.121 e. The predicted octanol–water partition coefficient (Wildman–Crippen LogP) is 4.73. The second-order valence-electron chi connectivity index (χ2n) is 5.33. The van der Waals surface area contributed by atoms with Crippen LogP contribution in [0.5, 0.6) is 5.75 Å². The van der Waals surface area contributed by atoms with E-state index in [9.17, 15) is 0 Å². The molecule has 0 saturated carbocycles. The van der Waals surface area contributed by atoms with Crippen LogP contribution in [0.4, 0.5) is 0 Å². The maximum absolute atomic E-state index is 5.34. The lowest BCUT2D eigenvalue weighted by atomic mass is 9.97. The first kappa shape index (κ1) is 15.6. The van der Waals surface area contributed by atoms with Gasteiger partial charge in [0.2, 0.25) is 0 Å². The molecule has 1 N–H and O–H groups in total. The summed E-state index contributed by atoms with van der Waals surface area (Å²) in [5.74, 6) is 0.939. The van der Waals surface area contributed by atoms with Crippen LogP contribution in [0, 0.1) is 6.92 Å².